The molecule has 0 bridgehead atoms. The van der Waals surface area contributed by atoms with Crippen LogP contribution in [0.15, 0.2) is 24.3 Å². The molecule has 1 aromatic carbocycles. The van der Waals surface area contributed by atoms with Gasteiger partial charge in [-0.05, 0) is 18.2 Å². The van der Waals surface area contributed by atoms with Gasteiger partial charge in [0, 0.05) is 0 Å². The third kappa shape index (κ3) is 37.6. The van der Waals surface area contributed by atoms with Crippen LogP contribution in [0, 0.1) is 0 Å². The maximum Gasteiger partial charge on any atom is 0.673 e. The SMILES string of the molecule is FC(F)(F)c1cccc(C(F)(F)F)c1.F[B-](F)(F)F.F[B-](F)(F)F.F[B-](F)(F)F. The van der Waals surface area contributed by atoms with Crippen LogP contribution < -0.4 is 0 Å². The van der Waals surface area contributed by atoms with E-state index < -0.39 is 45.2 Å². The van der Waals surface area contributed by atoms with Gasteiger partial charge in [-0.1, -0.05) is 6.07 Å². The van der Waals surface area contributed by atoms with Crippen molar-refractivity contribution in [1.29, 1.82) is 0 Å². The molecular formula is C8H4B3F18-3. The van der Waals surface area contributed by atoms with Crippen molar-refractivity contribution in [2.24, 2.45) is 0 Å². The van der Waals surface area contributed by atoms with E-state index in [2.05, 4.69) is 0 Å². The smallest absolute Gasteiger partial charge is 0.418 e. The number of rotatable bonds is 0. The fourth-order valence-electron chi connectivity index (χ4n) is 0.872. The van der Waals surface area contributed by atoms with Crippen molar-refractivity contribution in [2.75, 3.05) is 0 Å². The second kappa shape index (κ2) is 11.4. The minimum absolute atomic E-state index is 0.0833. The molecule has 1 aromatic rings. The summed E-state index contributed by atoms with van der Waals surface area (Å²) in [6.07, 6.45) is -9.50. The Balaban J connectivity index is -0.000000373. The first-order valence-corrected chi connectivity index (χ1v) is 6.07. The number of benzene rings is 1. The van der Waals surface area contributed by atoms with Gasteiger partial charge in [-0.25, -0.2) is 0 Å². The Morgan fingerprint density at radius 2 is 0.621 bits per heavy atom. The van der Waals surface area contributed by atoms with Gasteiger partial charge in [-0.3, -0.25) is 0 Å². The Labute approximate surface area is 149 Å². The van der Waals surface area contributed by atoms with E-state index >= 15 is 0 Å². The van der Waals surface area contributed by atoms with E-state index in [4.69, 9.17) is 0 Å². The molecule has 0 fully saturated rings. The van der Waals surface area contributed by atoms with Gasteiger partial charge in [0.25, 0.3) is 0 Å². The van der Waals surface area contributed by atoms with Crippen LogP contribution in [0.1, 0.15) is 11.1 Å². The van der Waals surface area contributed by atoms with Crippen LogP contribution in [0.2, 0.25) is 0 Å². The summed E-state index contributed by atoms with van der Waals surface area (Å²) in [6, 6.07) is 2.00. The van der Waals surface area contributed by atoms with E-state index in [9.17, 15) is 78.1 Å². The number of hydrogen-bond acceptors (Lipinski definition) is 0. The fraction of sp³-hybridized carbons (Fsp3) is 0.250. The number of alkyl halides is 6. The van der Waals surface area contributed by atoms with Gasteiger partial charge in [-0.2, -0.15) is 26.3 Å². The summed E-state index contributed by atoms with van der Waals surface area (Å²) in [6.45, 7) is 0. The maximum atomic E-state index is 12.0. The zero-order chi connectivity index (χ0) is 24.5. The summed E-state index contributed by atoms with van der Waals surface area (Å²) < 4.78 is 189. The second-order valence-electron chi connectivity index (χ2n) is 4.06. The van der Waals surface area contributed by atoms with Crippen molar-refractivity contribution in [3.05, 3.63) is 35.4 Å². The van der Waals surface area contributed by atoms with Crippen molar-refractivity contribution in [1.82, 2.24) is 0 Å². The minimum atomic E-state index is -6.00. The van der Waals surface area contributed by atoms with Gasteiger partial charge in [0.05, 0.1) is 11.1 Å². The fourth-order valence-corrected chi connectivity index (χ4v) is 0.872. The second-order valence-corrected chi connectivity index (χ2v) is 4.06. The Kier molecular flexibility index (Phi) is 12.5. The molecule has 0 aromatic heterocycles. The largest absolute Gasteiger partial charge is 0.673 e. The van der Waals surface area contributed by atoms with Gasteiger partial charge < -0.3 is 51.8 Å². The summed E-state index contributed by atoms with van der Waals surface area (Å²) in [5.74, 6) is 0. The first-order chi connectivity index (χ1) is 12.2. The van der Waals surface area contributed by atoms with E-state index in [1.165, 1.54) is 0 Å². The van der Waals surface area contributed by atoms with Crippen molar-refractivity contribution in [3.8, 4) is 0 Å². The monoisotopic (exact) mass is 475 g/mol. The molecule has 0 heterocycles. The van der Waals surface area contributed by atoms with Crippen LogP contribution in [-0.2, 0) is 12.4 Å². The highest BCUT2D eigenvalue weighted by molar-refractivity contribution is 6.50. The van der Waals surface area contributed by atoms with E-state index in [-0.39, 0.29) is 6.07 Å². The topological polar surface area (TPSA) is 0 Å². The van der Waals surface area contributed by atoms with Crippen molar-refractivity contribution in [3.63, 3.8) is 0 Å². The lowest BCUT2D eigenvalue weighted by molar-refractivity contribution is -0.143. The average molecular weight is 475 g/mol. The van der Waals surface area contributed by atoms with Crippen LogP contribution >= 0.6 is 0 Å². The van der Waals surface area contributed by atoms with Crippen LogP contribution in [0.4, 0.5) is 78.1 Å². The van der Waals surface area contributed by atoms with E-state index in [0.717, 1.165) is 6.07 Å². The third-order valence-electron chi connectivity index (χ3n) is 1.52. The van der Waals surface area contributed by atoms with E-state index in [0.29, 0.717) is 12.1 Å². The van der Waals surface area contributed by atoms with Gasteiger partial charge in [0.15, 0.2) is 0 Å². The summed E-state index contributed by atoms with van der Waals surface area (Å²) in [4.78, 5) is 0. The lowest BCUT2D eigenvalue weighted by atomic mass is 10.1. The predicted molar refractivity (Wildman–Crippen MR) is 67.0 cm³/mol. The van der Waals surface area contributed by atoms with Crippen molar-refractivity contribution in [2.45, 2.75) is 12.4 Å². The highest BCUT2D eigenvalue weighted by Gasteiger charge is 2.35. The molecule has 29 heavy (non-hydrogen) atoms. The quantitative estimate of drug-likeness (QED) is 0.268. The molecule has 0 aliphatic rings. The lowest BCUT2D eigenvalue weighted by Crippen LogP contribution is -2.09. The van der Waals surface area contributed by atoms with E-state index in [1.807, 2.05) is 0 Å². The molecule has 0 radical (unpaired) electrons. The Hall–Kier alpha value is -1.85. The summed E-state index contributed by atoms with van der Waals surface area (Å²) in [5.41, 5.74) is -2.60. The Bertz CT molecular complexity index is 487. The molecule has 0 amide bonds. The highest BCUT2D eigenvalue weighted by atomic mass is 19.5. The number of halogens is 18. The van der Waals surface area contributed by atoms with Crippen molar-refractivity contribution < 1.29 is 78.1 Å². The molecule has 1 rings (SSSR count). The molecule has 174 valence electrons. The van der Waals surface area contributed by atoms with Gasteiger partial charge >= 0.3 is 34.1 Å². The molecule has 0 atom stereocenters. The summed E-state index contributed by atoms with van der Waals surface area (Å²) in [5, 5.41) is 0. The van der Waals surface area contributed by atoms with Crippen LogP contribution in [0.25, 0.3) is 0 Å². The Morgan fingerprint density at radius 3 is 0.759 bits per heavy atom. The van der Waals surface area contributed by atoms with Crippen LogP contribution in [0.3, 0.4) is 0 Å². The standard InChI is InChI=1S/C8H4F6.3BF4/c9-7(10,11)5-2-1-3-6(4-5)8(12,13)14;3*2-1(3,4)5/h1-4H;;;/q;3*-1. The van der Waals surface area contributed by atoms with Gasteiger partial charge in [0.2, 0.25) is 0 Å². The molecule has 0 nitrogen and oxygen atoms in total. The van der Waals surface area contributed by atoms with Crippen molar-refractivity contribution >= 4 is 21.8 Å². The molecule has 0 unspecified atom stereocenters. The maximum absolute atomic E-state index is 12.0. The molecule has 0 aliphatic heterocycles. The van der Waals surface area contributed by atoms with Gasteiger partial charge in [-0.15, -0.1) is 0 Å². The molecular weight excluding hydrogens is 470 g/mol. The molecule has 0 N–H and O–H groups in total. The average Bonchev–Trinajstić information content (AvgIpc) is 2.30. The normalized spacial score (nSPS) is 12.5. The molecule has 0 saturated carbocycles. The summed E-state index contributed by atoms with van der Waals surface area (Å²) >= 11 is 0. The molecule has 0 aliphatic carbocycles. The first kappa shape index (κ1) is 31.8. The number of hydrogen-bond donors (Lipinski definition) is 0. The minimum Gasteiger partial charge on any atom is -0.418 e. The molecule has 0 saturated heterocycles. The zero-order valence-electron chi connectivity index (χ0n) is 12.8. The van der Waals surface area contributed by atoms with Crippen LogP contribution in [-0.4, -0.2) is 21.8 Å². The zero-order valence-corrected chi connectivity index (χ0v) is 12.8. The molecule has 21 heteroatoms. The Morgan fingerprint density at radius 1 is 0.448 bits per heavy atom. The summed E-state index contributed by atoms with van der Waals surface area (Å²) in [7, 11) is -18.0. The van der Waals surface area contributed by atoms with E-state index in [1.54, 1.807) is 0 Å². The molecule has 0 spiro atoms. The lowest BCUT2D eigenvalue weighted by Gasteiger charge is -2.10. The van der Waals surface area contributed by atoms with Crippen LogP contribution in [0.5, 0.6) is 0 Å². The highest BCUT2D eigenvalue weighted by Crippen LogP contribution is 2.34. The third-order valence-corrected chi connectivity index (χ3v) is 1.52. The predicted octanol–water partition coefficient (Wildman–Crippen LogP) is 7.62. The van der Waals surface area contributed by atoms with Gasteiger partial charge in [0.1, 0.15) is 0 Å². The first-order valence-electron chi connectivity index (χ1n) is 6.07.